The van der Waals surface area contributed by atoms with Crippen molar-refractivity contribution < 1.29 is 13.6 Å². The Hall–Kier alpha value is -4.07. The van der Waals surface area contributed by atoms with Crippen LogP contribution >= 0.6 is 0 Å². The lowest BCUT2D eigenvalue weighted by molar-refractivity contribution is 0.102. The van der Waals surface area contributed by atoms with E-state index in [0.29, 0.717) is 18.3 Å². The number of carbonyl (C=O) groups is 1. The summed E-state index contributed by atoms with van der Waals surface area (Å²) in [5.74, 6) is -2.34. The highest BCUT2D eigenvalue weighted by Gasteiger charge is 2.25. The van der Waals surface area contributed by atoms with Gasteiger partial charge in [-0.2, -0.15) is 9.78 Å². The van der Waals surface area contributed by atoms with E-state index in [2.05, 4.69) is 17.0 Å². The third-order valence-corrected chi connectivity index (χ3v) is 4.49. The Morgan fingerprint density at radius 1 is 1.13 bits per heavy atom. The highest BCUT2D eigenvalue weighted by molar-refractivity contribution is 6.08. The first kappa shape index (κ1) is 19.3. The molecule has 0 aliphatic carbocycles. The van der Waals surface area contributed by atoms with Crippen LogP contribution in [-0.4, -0.2) is 20.3 Å². The molecule has 1 amide bonds. The molecule has 0 aromatic heterocycles. The van der Waals surface area contributed by atoms with E-state index in [4.69, 9.17) is 0 Å². The molecule has 0 radical (unpaired) electrons. The summed E-state index contributed by atoms with van der Waals surface area (Å²) in [5.41, 5.74) is 0.446. The van der Waals surface area contributed by atoms with Crippen molar-refractivity contribution in [2.75, 3.05) is 5.32 Å². The minimum absolute atomic E-state index is 0.0739. The fourth-order valence-electron chi connectivity index (χ4n) is 3.11. The number of allylic oxidation sites excluding steroid dienone is 1. The summed E-state index contributed by atoms with van der Waals surface area (Å²) in [5, 5.41) is 6.75. The SMILES string of the molecule is C=CCn1cc(C(=O)Nc2ccc(F)cc2F)c2nn(-c3ccccc3)c(=O)c-2c1. The Morgan fingerprint density at radius 2 is 1.90 bits per heavy atom. The maximum absolute atomic E-state index is 14.0. The summed E-state index contributed by atoms with van der Waals surface area (Å²) in [4.78, 5) is 25.9. The van der Waals surface area contributed by atoms with Crippen molar-refractivity contribution in [3.8, 4) is 16.9 Å². The van der Waals surface area contributed by atoms with Crippen LogP contribution in [0.25, 0.3) is 16.9 Å². The van der Waals surface area contributed by atoms with E-state index < -0.39 is 23.1 Å². The fourth-order valence-corrected chi connectivity index (χ4v) is 3.11. The smallest absolute Gasteiger partial charge is 0.282 e. The Bertz CT molecular complexity index is 1280. The maximum Gasteiger partial charge on any atom is 0.282 e. The third kappa shape index (κ3) is 3.50. The molecule has 1 N–H and O–H groups in total. The van der Waals surface area contributed by atoms with Gasteiger partial charge in [-0.25, -0.2) is 8.78 Å². The monoisotopic (exact) mass is 406 g/mol. The Balaban J connectivity index is 1.84. The van der Waals surface area contributed by atoms with Gasteiger partial charge in [0.05, 0.1) is 22.5 Å². The highest BCUT2D eigenvalue weighted by Crippen LogP contribution is 2.24. The molecule has 0 fully saturated rings. The van der Waals surface area contributed by atoms with E-state index in [-0.39, 0.29) is 22.5 Å². The summed E-state index contributed by atoms with van der Waals surface area (Å²) in [7, 11) is 0. The zero-order chi connectivity index (χ0) is 21.3. The second-order valence-electron chi connectivity index (χ2n) is 6.55. The predicted octanol–water partition coefficient (Wildman–Crippen LogP) is 3.86. The van der Waals surface area contributed by atoms with Gasteiger partial charge < -0.3 is 9.88 Å². The van der Waals surface area contributed by atoms with Crippen LogP contribution < -0.4 is 10.9 Å². The third-order valence-electron chi connectivity index (χ3n) is 4.49. The quantitative estimate of drug-likeness (QED) is 0.512. The number of halogens is 2. The first-order valence-corrected chi connectivity index (χ1v) is 9.03. The van der Waals surface area contributed by atoms with Gasteiger partial charge in [0.2, 0.25) is 0 Å². The molecular formula is C22H16F2N4O2. The number of nitrogens with one attached hydrogen (secondary N) is 1. The number of carbonyl (C=O) groups excluding carboxylic acids is 1. The van der Waals surface area contributed by atoms with E-state index in [1.165, 1.54) is 10.9 Å². The van der Waals surface area contributed by atoms with Gasteiger partial charge in [0.1, 0.15) is 17.3 Å². The number of anilines is 1. The van der Waals surface area contributed by atoms with Crippen LogP contribution in [0.1, 0.15) is 10.4 Å². The lowest BCUT2D eigenvalue weighted by atomic mass is 10.1. The maximum atomic E-state index is 14.0. The summed E-state index contributed by atoms with van der Waals surface area (Å²) in [6.45, 7) is 4.01. The number of pyridine rings is 1. The average molecular weight is 406 g/mol. The number of rotatable bonds is 5. The van der Waals surface area contributed by atoms with E-state index in [9.17, 15) is 18.4 Å². The van der Waals surface area contributed by atoms with E-state index in [1.807, 2.05) is 6.07 Å². The number of hydrogen-bond donors (Lipinski definition) is 1. The largest absolute Gasteiger partial charge is 0.349 e. The van der Waals surface area contributed by atoms with Crippen molar-refractivity contribution in [2.45, 2.75) is 6.54 Å². The second kappa shape index (κ2) is 7.75. The molecule has 6 nitrogen and oxygen atoms in total. The summed E-state index contributed by atoms with van der Waals surface area (Å²) in [6, 6.07) is 11.6. The second-order valence-corrected chi connectivity index (χ2v) is 6.55. The van der Waals surface area contributed by atoms with Crippen molar-refractivity contribution in [1.82, 2.24) is 14.3 Å². The molecule has 2 aliphatic heterocycles. The number of para-hydroxylation sites is 1. The van der Waals surface area contributed by atoms with E-state index >= 15 is 0 Å². The molecule has 150 valence electrons. The lowest BCUT2D eigenvalue weighted by Gasteiger charge is -2.12. The van der Waals surface area contributed by atoms with Gasteiger partial charge in [0.15, 0.2) is 0 Å². The van der Waals surface area contributed by atoms with Gasteiger partial charge in [0, 0.05) is 25.0 Å². The van der Waals surface area contributed by atoms with Gasteiger partial charge in [-0.05, 0) is 24.3 Å². The molecule has 0 saturated heterocycles. The zero-order valence-electron chi connectivity index (χ0n) is 15.7. The Labute approximate surface area is 170 Å². The number of aromatic nitrogens is 3. The van der Waals surface area contributed by atoms with Crippen LogP contribution in [0, 0.1) is 11.6 Å². The minimum atomic E-state index is -0.908. The minimum Gasteiger partial charge on any atom is -0.349 e. The Kier molecular flexibility index (Phi) is 4.97. The van der Waals surface area contributed by atoms with Crippen LogP contribution in [0.5, 0.6) is 0 Å². The number of nitrogens with zero attached hydrogens (tertiary/aromatic N) is 3. The molecule has 2 aromatic carbocycles. The van der Waals surface area contributed by atoms with Gasteiger partial charge in [-0.3, -0.25) is 9.59 Å². The van der Waals surface area contributed by atoms with Crippen LogP contribution in [0.3, 0.4) is 0 Å². The van der Waals surface area contributed by atoms with Crippen molar-refractivity contribution in [1.29, 1.82) is 0 Å². The average Bonchev–Trinajstić information content (AvgIpc) is 3.07. The van der Waals surface area contributed by atoms with Gasteiger partial charge in [0.25, 0.3) is 11.5 Å². The summed E-state index contributed by atoms with van der Waals surface area (Å²) < 4.78 is 30.0. The number of hydrogen-bond acceptors (Lipinski definition) is 3. The molecule has 0 bridgehead atoms. The molecule has 0 spiro atoms. The normalized spacial score (nSPS) is 10.9. The number of amides is 1. The molecule has 0 atom stereocenters. The predicted molar refractivity (Wildman–Crippen MR) is 109 cm³/mol. The van der Waals surface area contributed by atoms with Crippen LogP contribution in [-0.2, 0) is 6.54 Å². The first-order chi connectivity index (χ1) is 14.5. The van der Waals surface area contributed by atoms with Crippen molar-refractivity contribution in [3.05, 3.63) is 101 Å². The van der Waals surface area contributed by atoms with E-state index in [1.54, 1.807) is 41.1 Å². The Morgan fingerprint density at radius 3 is 2.60 bits per heavy atom. The summed E-state index contributed by atoms with van der Waals surface area (Å²) in [6.07, 6.45) is 4.70. The number of fused-ring (bicyclic) bond motifs is 1. The van der Waals surface area contributed by atoms with Crippen LogP contribution in [0.4, 0.5) is 14.5 Å². The van der Waals surface area contributed by atoms with Crippen LogP contribution in [0.15, 0.2) is 78.4 Å². The van der Waals surface area contributed by atoms with Gasteiger partial charge in [-0.15, -0.1) is 6.58 Å². The molecule has 4 rings (SSSR count). The molecule has 0 saturated carbocycles. The molecule has 2 aromatic rings. The van der Waals surface area contributed by atoms with Crippen molar-refractivity contribution in [2.24, 2.45) is 0 Å². The topological polar surface area (TPSA) is 68.9 Å². The first-order valence-electron chi connectivity index (χ1n) is 9.03. The molecule has 30 heavy (non-hydrogen) atoms. The fraction of sp³-hybridized carbons (Fsp3) is 0.0455. The number of benzene rings is 2. The molecule has 2 aliphatic rings. The summed E-state index contributed by atoms with van der Waals surface area (Å²) >= 11 is 0. The molecular weight excluding hydrogens is 390 g/mol. The van der Waals surface area contributed by atoms with E-state index in [0.717, 1.165) is 12.1 Å². The molecule has 8 heteroatoms. The highest BCUT2D eigenvalue weighted by atomic mass is 19.1. The lowest BCUT2D eigenvalue weighted by Crippen LogP contribution is -2.18. The van der Waals surface area contributed by atoms with Crippen molar-refractivity contribution >= 4 is 11.6 Å². The standard InChI is InChI=1S/C22H16F2N4O2/c1-2-10-27-12-16(21(29)25-19-9-8-14(23)11-18(19)24)20-17(13-27)22(30)28(26-20)15-6-4-3-5-7-15/h2-9,11-13H,1,10H2,(H,25,29). The molecule has 0 unspecified atom stereocenters. The van der Waals surface area contributed by atoms with Gasteiger partial charge in [-0.1, -0.05) is 24.3 Å². The van der Waals surface area contributed by atoms with Crippen molar-refractivity contribution in [3.63, 3.8) is 0 Å². The van der Waals surface area contributed by atoms with Crippen LogP contribution in [0.2, 0.25) is 0 Å². The zero-order valence-corrected chi connectivity index (χ0v) is 15.7. The molecule has 2 heterocycles. The van der Waals surface area contributed by atoms with Gasteiger partial charge >= 0.3 is 0 Å².